The zero-order chi connectivity index (χ0) is 19.0. The Morgan fingerprint density at radius 3 is 2.65 bits per heavy atom. The van der Waals surface area contributed by atoms with Gasteiger partial charge in [-0.05, 0) is 44.2 Å². The summed E-state index contributed by atoms with van der Waals surface area (Å²) in [6, 6.07) is 9.06. The highest BCUT2D eigenvalue weighted by Crippen LogP contribution is 2.27. The van der Waals surface area contributed by atoms with Crippen molar-refractivity contribution in [2.75, 3.05) is 5.32 Å². The minimum absolute atomic E-state index is 0.0336. The van der Waals surface area contributed by atoms with Crippen LogP contribution in [-0.4, -0.2) is 15.4 Å². The number of nitro benzene ring substituents is 1. The van der Waals surface area contributed by atoms with Crippen molar-refractivity contribution in [2.45, 2.75) is 19.9 Å². The van der Waals surface area contributed by atoms with Gasteiger partial charge < -0.3 is 5.32 Å². The van der Waals surface area contributed by atoms with Gasteiger partial charge in [0.2, 0.25) is 0 Å². The van der Waals surface area contributed by atoms with E-state index in [-0.39, 0.29) is 27.2 Å². The maximum absolute atomic E-state index is 12.4. The van der Waals surface area contributed by atoms with E-state index in [4.69, 9.17) is 11.6 Å². The fraction of sp³-hybridized carbons (Fsp3) is 0.176. The second-order valence-electron chi connectivity index (χ2n) is 5.89. The molecule has 1 heterocycles. The molecular weight excluding hydrogens is 378 g/mol. The van der Waals surface area contributed by atoms with E-state index < -0.39 is 10.8 Å². The van der Waals surface area contributed by atoms with E-state index in [1.54, 1.807) is 22.8 Å². The van der Waals surface area contributed by atoms with Gasteiger partial charge in [-0.2, -0.15) is 0 Å². The van der Waals surface area contributed by atoms with Crippen LogP contribution >= 0.6 is 22.9 Å². The number of amides is 1. The molecule has 2 aromatic carbocycles. The van der Waals surface area contributed by atoms with Crippen LogP contribution in [0.4, 0.5) is 11.4 Å². The Bertz CT molecular complexity index is 1090. The van der Waals surface area contributed by atoms with E-state index in [0.717, 1.165) is 27.6 Å². The summed E-state index contributed by atoms with van der Waals surface area (Å²) >= 11 is 6.86. The first-order valence-corrected chi connectivity index (χ1v) is 8.87. The number of thiazole rings is 1. The third-order valence-electron chi connectivity index (χ3n) is 3.79. The molecule has 1 aromatic heterocycles. The number of nitro groups is 1. The summed E-state index contributed by atoms with van der Waals surface area (Å²) in [5, 5.41) is 13.6. The third-order valence-corrected chi connectivity index (χ3v) is 5.03. The molecule has 0 saturated carbocycles. The third kappa shape index (κ3) is 3.33. The van der Waals surface area contributed by atoms with Crippen molar-refractivity contribution < 1.29 is 9.72 Å². The molecule has 0 saturated heterocycles. The van der Waals surface area contributed by atoms with E-state index in [0.29, 0.717) is 5.69 Å². The molecule has 7 nitrogen and oxygen atoms in total. The lowest BCUT2D eigenvalue weighted by atomic mass is 10.2. The van der Waals surface area contributed by atoms with Gasteiger partial charge in [-0.3, -0.25) is 24.3 Å². The van der Waals surface area contributed by atoms with Gasteiger partial charge in [0.05, 0.1) is 15.1 Å². The molecule has 0 spiro atoms. The normalized spacial score (nSPS) is 11.1. The number of carbonyl (C=O) groups excluding carboxylic acids is 1. The van der Waals surface area contributed by atoms with Crippen LogP contribution in [0.2, 0.25) is 5.02 Å². The van der Waals surface area contributed by atoms with Crippen LogP contribution in [0.3, 0.4) is 0 Å². The standard InChI is InChI=1S/C17H14ClN3O4S/c1-9(2)20-13-6-4-11(8-15(13)26-17(20)23)19-16(22)10-3-5-12(18)14(7-10)21(24)25/h3-9H,1-2H3,(H,19,22). The van der Waals surface area contributed by atoms with Crippen LogP contribution in [0, 0.1) is 10.1 Å². The molecule has 3 aromatic rings. The van der Waals surface area contributed by atoms with Crippen molar-refractivity contribution in [2.24, 2.45) is 0 Å². The van der Waals surface area contributed by atoms with E-state index in [1.165, 1.54) is 12.1 Å². The number of carbonyl (C=O) groups is 1. The Balaban J connectivity index is 1.92. The average molecular weight is 392 g/mol. The van der Waals surface area contributed by atoms with Gasteiger partial charge in [-0.15, -0.1) is 0 Å². The number of fused-ring (bicyclic) bond motifs is 1. The summed E-state index contributed by atoms with van der Waals surface area (Å²) in [4.78, 5) is 34.7. The van der Waals surface area contributed by atoms with Crippen molar-refractivity contribution in [3.8, 4) is 0 Å². The average Bonchev–Trinajstić information content (AvgIpc) is 2.89. The fourth-order valence-corrected chi connectivity index (χ4v) is 3.84. The smallest absolute Gasteiger partial charge is 0.308 e. The summed E-state index contributed by atoms with van der Waals surface area (Å²) in [6.45, 7) is 3.85. The van der Waals surface area contributed by atoms with Crippen LogP contribution in [0.1, 0.15) is 30.2 Å². The van der Waals surface area contributed by atoms with Gasteiger partial charge in [0, 0.05) is 23.4 Å². The van der Waals surface area contributed by atoms with E-state index in [2.05, 4.69) is 5.32 Å². The number of hydrogen-bond donors (Lipinski definition) is 1. The Morgan fingerprint density at radius 2 is 2.00 bits per heavy atom. The maximum Gasteiger partial charge on any atom is 0.308 e. The molecule has 0 unspecified atom stereocenters. The Kier molecular flexibility index (Phi) is 4.80. The van der Waals surface area contributed by atoms with Crippen LogP contribution < -0.4 is 10.2 Å². The van der Waals surface area contributed by atoms with E-state index >= 15 is 0 Å². The first-order valence-electron chi connectivity index (χ1n) is 7.68. The number of aromatic nitrogens is 1. The van der Waals surface area contributed by atoms with Crippen molar-refractivity contribution in [1.82, 2.24) is 4.57 Å². The molecule has 0 atom stereocenters. The number of hydrogen-bond acceptors (Lipinski definition) is 5. The minimum atomic E-state index is -0.642. The van der Waals surface area contributed by atoms with Crippen molar-refractivity contribution in [3.63, 3.8) is 0 Å². The van der Waals surface area contributed by atoms with Gasteiger partial charge >= 0.3 is 4.87 Å². The van der Waals surface area contributed by atoms with Crippen molar-refractivity contribution in [3.05, 3.63) is 66.8 Å². The predicted octanol–water partition coefficient (Wildman–Crippen LogP) is 4.46. The lowest BCUT2D eigenvalue weighted by Gasteiger charge is -2.09. The summed E-state index contributed by atoms with van der Waals surface area (Å²) < 4.78 is 2.44. The number of halogens is 1. The van der Waals surface area contributed by atoms with Crippen LogP contribution in [0.25, 0.3) is 10.2 Å². The lowest BCUT2D eigenvalue weighted by Crippen LogP contribution is -2.14. The zero-order valence-corrected chi connectivity index (χ0v) is 15.4. The molecule has 0 fully saturated rings. The number of nitrogens with zero attached hydrogens (tertiary/aromatic N) is 2. The summed E-state index contributed by atoms with van der Waals surface area (Å²) in [5.41, 5.74) is 1.09. The monoisotopic (exact) mass is 391 g/mol. The first-order chi connectivity index (χ1) is 12.3. The van der Waals surface area contributed by atoms with Crippen molar-refractivity contribution in [1.29, 1.82) is 0 Å². The zero-order valence-electron chi connectivity index (χ0n) is 13.9. The van der Waals surface area contributed by atoms with E-state index in [9.17, 15) is 19.7 Å². The molecule has 0 bridgehead atoms. The summed E-state index contributed by atoms with van der Waals surface area (Å²) in [5.74, 6) is -0.500. The topological polar surface area (TPSA) is 94.2 Å². The van der Waals surface area contributed by atoms with Crippen LogP contribution in [0.15, 0.2) is 41.2 Å². The van der Waals surface area contributed by atoms with Gasteiger partial charge in [0.1, 0.15) is 5.02 Å². The highest BCUT2D eigenvalue weighted by Gasteiger charge is 2.17. The Labute approximate surface area is 157 Å². The second kappa shape index (κ2) is 6.89. The molecule has 0 radical (unpaired) electrons. The van der Waals surface area contributed by atoms with Gasteiger partial charge in [0.25, 0.3) is 11.6 Å². The molecule has 0 aliphatic heterocycles. The molecular formula is C17H14ClN3O4S. The summed E-state index contributed by atoms with van der Waals surface area (Å²) in [6.07, 6.45) is 0. The SMILES string of the molecule is CC(C)n1c(=O)sc2cc(NC(=O)c3ccc(Cl)c([N+](=O)[O-])c3)ccc21. The van der Waals surface area contributed by atoms with Gasteiger partial charge in [-0.25, -0.2) is 0 Å². The Morgan fingerprint density at radius 1 is 1.27 bits per heavy atom. The number of anilines is 1. The van der Waals surface area contributed by atoms with E-state index in [1.807, 2.05) is 13.8 Å². The van der Waals surface area contributed by atoms with Crippen molar-refractivity contribution >= 4 is 50.4 Å². The largest absolute Gasteiger partial charge is 0.322 e. The van der Waals surface area contributed by atoms with Gasteiger partial charge in [-0.1, -0.05) is 22.9 Å². The highest BCUT2D eigenvalue weighted by atomic mass is 35.5. The molecule has 3 rings (SSSR count). The minimum Gasteiger partial charge on any atom is -0.322 e. The Hall–Kier alpha value is -2.71. The first kappa shape index (κ1) is 18.1. The maximum atomic E-state index is 12.4. The molecule has 26 heavy (non-hydrogen) atoms. The molecule has 1 N–H and O–H groups in total. The quantitative estimate of drug-likeness (QED) is 0.524. The second-order valence-corrected chi connectivity index (χ2v) is 7.29. The molecule has 9 heteroatoms. The molecule has 1 amide bonds. The lowest BCUT2D eigenvalue weighted by molar-refractivity contribution is -0.384. The van der Waals surface area contributed by atoms with Crippen LogP contribution in [0.5, 0.6) is 0 Å². The number of benzene rings is 2. The summed E-state index contributed by atoms with van der Waals surface area (Å²) in [7, 11) is 0. The molecule has 0 aliphatic rings. The van der Waals surface area contributed by atoms with Gasteiger partial charge in [0.15, 0.2) is 0 Å². The molecule has 0 aliphatic carbocycles. The van der Waals surface area contributed by atoms with Crippen LogP contribution in [-0.2, 0) is 0 Å². The highest BCUT2D eigenvalue weighted by molar-refractivity contribution is 7.16. The fourth-order valence-electron chi connectivity index (χ4n) is 2.60. The molecule has 134 valence electrons. The predicted molar refractivity (Wildman–Crippen MR) is 103 cm³/mol. The number of rotatable bonds is 4. The number of nitrogens with one attached hydrogen (secondary N) is 1.